The van der Waals surface area contributed by atoms with Crippen molar-refractivity contribution in [3.8, 4) is 22.5 Å². The summed E-state index contributed by atoms with van der Waals surface area (Å²) < 4.78 is 11.4. The van der Waals surface area contributed by atoms with Crippen LogP contribution in [0.3, 0.4) is 0 Å². The van der Waals surface area contributed by atoms with Crippen LogP contribution in [0.2, 0.25) is 5.02 Å². The lowest BCUT2D eigenvalue weighted by atomic mass is 9.90. The Morgan fingerprint density at radius 1 is 1.07 bits per heavy atom. The molecule has 0 aliphatic carbocycles. The van der Waals surface area contributed by atoms with E-state index in [1.54, 1.807) is 25.4 Å². The fourth-order valence-electron chi connectivity index (χ4n) is 5.25. The second-order valence-electron chi connectivity index (χ2n) is 10.7. The molecule has 0 saturated carbocycles. The van der Waals surface area contributed by atoms with E-state index in [4.69, 9.17) is 25.7 Å². The number of allylic oxidation sites excluding steroid dienone is 1. The second kappa shape index (κ2) is 15.2. The topological polar surface area (TPSA) is 104 Å². The molecule has 234 valence electrons. The van der Waals surface area contributed by atoms with E-state index >= 15 is 0 Å². The van der Waals surface area contributed by atoms with Gasteiger partial charge in [-0.1, -0.05) is 61.0 Å². The first-order chi connectivity index (χ1) is 22.4. The molecule has 0 unspecified atom stereocenters. The lowest BCUT2D eigenvalue weighted by molar-refractivity contribution is -0.614. The van der Waals surface area contributed by atoms with Crippen LogP contribution in [0.25, 0.3) is 28.0 Å². The molecular formula is C37H35ClN4O4. The van der Waals surface area contributed by atoms with Gasteiger partial charge in [0.2, 0.25) is 5.69 Å². The van der Waals surface area contributed by atoms with Crippen molar-refractivity contribution in [2.75, 3.05) is 11.9 Å². The molecule has 5 aromatic rings. The van der Waals surface area contributed by atoms with E-state index in [2.05, 4.69) is 29.4 Å². The highest BCUT2D eigenvalue weighted by Gasteiger charge is 2.25. The van der Waals surface area contributed by atoms with E-state index in [9.17, 15) is 10.0 Å². The van der Waals surface area contributed by atoms with Gasteiger partial charge < -0.3 is 14.4 Å². The number of amides is 1. The quantitative estimate of drug-likeness (QED) is 0.0886. The normalized spacial score (nSPS) is 12.5. The van der Waals surface area contributed by atoms with Crippen LogP contribution in [-0.2, 0) is 11.2 Å². The Hall–Kier alpha value is -5.21. The summed E-state index contributed by atoms with van der Waals surface area (Å²) in [6, 6.07) is 26.9. The molecular weight excluding hydrogens is 600 g/mol. The van der Waals surface area contributed by atoms with E-state index in [0.29, 0.717) is 40.8 Å². The largest absolute Gasteiger partial charge is 0.618 e. The SMILES string of the molecule is CCOC(=O)Nc1ccc(/C(=C/N=C(C)[C@H](Cc2ccccc2)c2ccc(-c3cc(Cl)ccc3-c3cnco3)c[n+]2[O-])CC)cc1. The minimum absolute atomic E-state index is 0.285. The van der Waals surface area contributed by atoms with Gasteiger partial charge in [0.1, 0.15) is 0 Å². The number of carbonyl (C=O) groups excluding carboxylic acids is 1. The van der Waals surface area contributed by atoms with Crippen LogP contribution in [0.4, 0.5) is 10.5 Å². The average Bonchev–Trinajstić information content (AvgIpc) is 3.60. The van der Waals surface area contributed by atoms with Crippen LogP contribution in [0, 0.1) is 5.21 Å². The van der Waals surface area contributed by atoms with Crippen molar-refractivity contribution in [1.29, 1.82) is 0 Å². The Labute approximate surface area is 273 Å². The molecule has 0 saturated heterocycles. The van der Waals surface area contributed by atoms with Crippen LogP contribution < -0.4 is 10.0 Å². The second-order valence-corrected chi connectivity index (χ2v) is 11.1. The molecule has 1 amide bonds. The lowest BCUT2D eigenvalue weighted by Crippen LogP contribution is -2.35. The van der Waals surface area contributed by atoms with Crippen LogP contribution in [-0.4, -0.2) is 23.4 Å². The van der Waals surface area contributed by atoms with E-state index < -0.39 is 6.09 Å². The van der Waals surface area contributed by atoms with Crippen LogP contribution >= 0.6 is 11.6 Å². The molecule has 0 spiro atoms. The third-order valence-corrected chi connectivity index (χ3v) is 7.90. The number of aromatic nitrogens is 2. The summed E-state index contributed by atoms with van der Waals surface area (Å²) in [6.45, 7) is 6.09. The Kier molecular flexibility index (Phi) is 10.6. The van der Waals surface area contributed by atoms with E-state index in [1.165, 1.54) is 6.39 Å². The molecule has 0 bridgehead atoms. The van der Waals surface area contributed by atoms with Crippen molar-refractivity contribution in [3.63, 3.8) is 0 Å². The summed E-state index contributed by atoms with van der Waals surface area (Å²) in [6.07, 6.45) is 7.30. The van der Waals surface area contributed by atoms with Gasteiger partial charge in [-0.15, -0.1) is 0 Å². The first-order valence-corrected chi connectivity index (χ1v) is 15.5. The molecule has 0 aliphatic rings. The Balaban J connectivity index is 1.47. The number of nitrogens with one attached hydrogen (secondary N) is 1. The Bertz CT molecular complexity index is 1840. The first kappa shape index (κ1) is 32.2. The number of benzene rings is 3. The zero-order valence-electron chi connectivity index (χ0n) is 25.9. The number of aliphatic imine (C=N–C) groups is 1. The van der Waals surface area contributed by atoms with Gasteiger partial charge >= 0.3 is 6.09 Å². The smallest absolute Gasteiger partial charge is 0.411 e. The van der Waals surface area contributed by atoms with Gasteiger partial charge in [0.05, 0.1) is 18.7 Å². The first-order valence-electron chi connectivity index (χ1n) is 15.1. The van der Waals surface area contributed by atoms with Gasteiger partial charge in [0.15, 0.2) is 18.4 Å². The summed E-state index contributed by atoms with van der Waals surface area (Å²) in [5.41, 5.74) is 7.39. The van der Waals surface area contributed by atoms with Gasteiger partial charge in [0.25, 0.3) is 0 Å². The molecule has 0 aliphatic heterocycles. The zero-order valence-corrected chi connectivity index (χ0v) is 26.7. The number of hydrogen-bond acceptors (Lipinski definition) is 6. The van der Waals surface area contributed by atoms with Crippen molar-refractivity contribution in [2.45, 2.75) is 39.5 Å². The minimum Gasteiger partial charge on any atom is -0.618 e. The maximum atomic E-state index is 13.7. The van der Waals surface area contributed by atoms with Crippen LogP contribution in [0.1, 0.15) is 49.9 Å². The molecule has 8 nitrogen and oxygen atoms in total. The summed E-state index contributed by atoms with van der Waals surface area (Å²) in [7, 11) is 0. The summed E-state index contributed by atoms with van der Waals surface area (Å²) >= 11 is 6.36. The Morgan fingerprint density at radius 3 is 2.52 bits per heavy atom. The standard InChI is InChI=1S/C37H35ClN4O4/c1-4-27(28-11-15-31(16-12-28)41-37(43)45-5-2)21-40-25(3)33(19-26-9-7-6-8-10-26)35-18-13-29(23-42(35)44)34-20-30(38)14-17-32(34)36-22-39-24-46-36/h6-18,20-24,33H,4-5,19H2,1-3H3,(H,41,43)/b27-21+,40-25?/t33-/m0/s1. The number of rotatable bonds is 11. The van der Waals surface area contributed by atoms with Gasteiger partial charge in [-0.25, -0.2) is 9.78 Å². The number of halogens is 1. The van der Waals surface area contributed by atoms with Crippen molar-refractivity contribution in [1.82, 2.24) is 4.98 Å². The predicted octanol–water partition coefficient (Wildman–Crippen LogP) is 9.10. The average molecular weight is 635 g/mol. The minimum atomic E-state index is -0.488. The molecule has 1 N–H and O–H groups in total. The molecule has 46 heavy (non-hydrogen) atoms. The molecule has 2 aromatic heterocycles. The van der Waals surface area contributed by atoms with Crippen molar-refractivity contribution < 1.29 is 18.7 Å². The highest BCUT2D eigenvalue weighted by atomic mass is 35.5. The van der Waals surface area contributed by atoms with Gasteiger partial charge in [-0.2, -0.15) is 4.73 Å². The van der Waals surface area contributed by atoms with E-state index in [-0.39, 0.29) is 5.92 Å². The fourth-order valence-corrected chi connectivity index (χ4v) is 5.42. The number of nitrogens with zero attached hydrogens (tertiary/aromatic N) is 3. The number of hydrogen-bond donors (Lipinski definition) is 1. The van der Waals surface area contributed by atoms with E-state index in [1.807, 2.05) is 79.9 Å². The van der Waals surface area contributed by atoms with Gasteiger partial charge in [-0.05, 0) is 79.8 Å². The van der Waals surface area contributed by atoms with Crippen LogP contribution in [0.5, 0.6) is 0 Å². The predicted molar refractivity (Wildman–Crippen MR) is 183 cm³/mol. The van der Waals surface area contributed by atoms with E-state index in [0.717, 1.165) is 44.7 Å². The summed E-state index contributed by atoms with van der Waals surface area (Å²) in [4.78, 5) is 20.7. The zero-order chi connectivity index (χ0) is 32.5. The number of carbonyl (C=O) groups is 1. The number of oxazole rings is 1. The molecule has 5 rings (SSSR count). The van der Waals surface area contributed by atoms with Crippen molar-refractivity contribution in [2.24, 2.45) is 4.99 Å². The lowest BCUT2D eigenvalue weighted by Gasteiger charge is -2.18. The Morgan fingerprint density at radius 2 is 1.85 bits per heavy atom. The van der Waals surface area contributed by atoms with Gasteiger partial charge in [-0.3, -0.25) is 10.3 Å². The molecule has 9 heteroatoms. The number of ether oxygens (including phenoxy) is 1. The molecule has 0 fully saturated rings. The third kappa shape index (κ3) is 7.89. The molecule has 2 heterocycles. The molecule has 1 atom stereocenters. The number of pyridine rings is 1. The summed E-state index contributed by atoms with van der Waals surface area (Å²) in [5.74, 6) is 0.300. The number of anilines is 1. The maximum absolute atomic E-state index is 13.7. The monoisotopic (exact) mass is 634 g/mol. The fraction of sp³-hybridized carbons (Fsp3) is 0.189. The van der Waals surface area contributed by atoms with Crippen molar-refractivity contribution in [3.05, 3.63) is 137 Å². The highest BCUT2D eigenvalue weighted by Crippen LogP contribution is 2.34. The molecule has 3 aromatic carbocycles. The van der Waals surface area contributed by atoms with Crippen molar-refractivity contribution >= 4 is 34.7 Å². The van der Waals surface area contributed by atoms with Gasteiger partial charge in [0, 0.05) is 45.4 Å². The maximum Gasteiger partial charge on any atom is 0.411 e. The summed E-state index contributed by atoms with van der Waals surface area (Å²) in [5, 5.41) is 17.0. The molecule has 0 radical (unpaired) electrons. The highest BCUT2D eigenvalue weighted by molar-refractivity contribution is 6.31. The third-order valence-electron chi connectivity index (χ3n) is 7.66. The van der Waals surface area contributed by atoms with Crippen LogP contribution in [0.15, 0.2) is 119 Å².